The highest BCUT2D eigenvalue weighted by Gasteiger charge is 2.15. The minimum atomic E-state index is -0.255. The zero-order valence-corrected chi connectivity index (χ0v) is 12.0. The summed E-state index contributed by atoms with van der Waals surface area (Å²) in [6, 6.07) is 6.49. The molecule has 20 heavy (non-hydrogen) atoms. The lowest BCUT2D eigenvalue weighted by molar-refractivity contribution is 0.628. The maximum absolute atomic E-state index is 13.4. The first-order valence-corrected chi connectivity index (χ1v) is 6.68. The number of aromatic nitrogens is 2. The van der Waals surface area contributed by atoms with Crippen LogP contribution in [0.5, 0.6) is 0 Å². The molecule has 2 aromatic rings. The second-order valence-electron chi connectivity index (χ2n) is 4.56. The van der Waals surface area contributed by atoms with Crippen LogP contribution < -0.4 is 10.2 Å². The lowest BCUT2D eigenvalue weighted by Gasteiger charge is -2.22. The zero-order chi connectivity index (χ0) is 14.5. The van der Waals surface area contributed by atoms with Gasteiger partial charge in [0, 0.05) is 25.3 Å². The number of anilines is 3. The fraction of sp³-hybridized carbons (Fsp3) is 0.333. The average Bonchev–Trinajstić information content (AvgIpc) is 2.47. The van der Waals surface area contributed by atoms with E-state index in [1.807, 2.05) is 25.1 Å². The van der Waals surface area contributed by atoms with Crippen molar-refractivity contribution in [1.29, 1.82) is 0 Å². The lowest BCUT2D eigenvalue weighted by atomic mass is 10.1. The molecule has 0 saturated heterocycles. The van der Waals surface area contributed by atoms with Crippen molar-refractivity contribution < 1.29 is 4.39 Å². The maximum atomic E-state index is 13.4. The Morgan fingerprint density at radius 3 is 2.75 bits per heavy atom. The van der Waals surface area contributed by atoms with E-state index in [-0.39, 0.29) is 5.82 Å². The van der Waals surface area contributed by atoms with E-state index in [1.54, 1.807) is 6.07 Å². The van der Waals surface area contributed by atoms with Crippen molar-refractivity contribution in [3.63, 3.8) is 0 Å². The summed E-state index contributed by atoms with van der Waals surface area (Å²) < 4.78 is 13.4. The summed E-state index contributed by atoms with van der Waals surface area (Å²) in [5.74, 6) is 1.37. The summed E-state index contributed by atoms with van der Waals surface area (Å²) in [7, 11) is 3.73. The van der Waals surface area contributed by atoms with Crippen LogP contribution in [0.25, 0.3) is 0 Å². The molecular weight excluding hydrogens is 255 g/mol. The van der Waals surface area contributed by atoms with Gasteiger partial charge in [0.25, 0.3) is 0 Å². The monoisotopic (exact) mass is 274 g/mol. The number of hydrogen-bond acceptors (Lipinski definition) is 4. The van der Waals surface area contributed by atoms with Crippen LogP contribution in [0.4, 0.5) is 21.7 Å². The largest absolute Gasteiger partial charge is 0.373 e. The van der Waals surface area contributed by atoms with E-state index in [0.29, 0.717) is 0 Å². The molecule has 0 aliphatic rings. The molecular formula is C15H19FN4. The number of nitrogens with one attached hydrogen (secondary N) is 1. The number of nitrogens with zero attached hydrogens (tertiary/aromatic N) is 3. The molecule has 0 saturated carbocycles. The molecule has 0 unspecified atom stereocenters. The highest BCUT2D eigenvalue weighted by Crippen LogP contribution is 2.29. The zero-order valence-electron chi connectivity index (χ0n) is 12.0. The number of halogens is 1. The van der Waals surface area contributed by atoms with Gasteiger partial charge in [-0.3, -0.25) is 0 Å². The minimum Gasteiger partial charge on any atom is -0.373 e. The normalized spacial score (nSPS) is 10.4. The van der Waals surface area contributed by atoms with Gasteiger partial charge >= 0.3 is 0 Å². The first-order chi connectivity index (χ1) is 9.67. The molecule has 0 aliphatic heterocycles. The molecule has 0 aliphatic carbocycles. The summed E-state index contributed by atoms with van der Waals surface area (Å²) in [5, 5.41) is 3.09. The number of hydrogen-bond donors (Lipinski definition) is 1. The third-order valence-corrected chi connectivity index (χ3v) is 3.17. The predicted molar refractivity (Wildman–Crippen MR) is 80.0 cm³/mol. The van der Waals surface area contributed by atoms with Gasteiger partial charge < -0.3 is 10.2 Å². The van der Waals surface area contributed by atoms with Crippen LogP contribution in [-0.4, -0.2) is 24.1 Å². The van der Waals surface area contributed by atoms with Crippen molar-refractivity contribution in [1.82, 2.24) is 9.97 Å². The predicted octanol–water partition coefficient (Wildman–Crippen LogP) is 3.38. The first kappa shape index (κ1) is 14.2. The molecule has 0 fully saturated rings. The third kappa shape index (κ3) is 2.87. The molecule has 0 spiro atoms. The lowest BCUT2D eigenvalue weighted by Crippen LogP contribution is -2.15. The molecule has 2 rings (SSSR count). The molecule has 1 N–H and O–H groups in total. The summed E-state index contributed by atoms with van der Waals surface area (Å²) in [4.78, 5) is 10.5. The second kappa shape index (κ2) is 6.32. The van der Waals surface area contributed by atoms with Crippen LogP contribution >= 0.6 is 0 Å². The van der Waals surface area contributed by atoms with Crippen molar-refractivity contribution >= 4 is 17.3 Å². The third-order valence-electron chi connectivity index (χ3n) is 3.17. The number of benzene rings is 1. The standard InChI is InChI=1S/C15H19FN4/c1-4-6-13-14(17-2)18-10-19-15(13)20(3)12-8-5-7-11(16)9-12/h5,7-10H,4,6H2,1-3H3,(H,17,18,19). The Labute approximate surface area is 118 Å². The van der Waals surface area contributed by atoms with Gasteiger partial charge in [0.2, 0.25) is 0 Å². The molecule has 0 atom stereocenters. The molecule has 5 heteroatoms. The summed E-state index contributed by atoms with van der Waals surface area (Å²) in [6.07, 6.45) is 3.38. The number of rotatable bonds is 5. The minimum absolute atomic E-state index is 0.255. The summed E-state index contributed by atoms with van der Waals surface area (Å²) in [6.45, 7) is 2.11. The molecule has 106 valence electrons. The molecule has 1 aromatic heterocycles. The van der Waals surface area contributed by atoms with Crippen molar-refractivity contribution in [2.24, 2.45) is 0 Å². The van der Waals surface area contributed by atoms with E-state index >= 15 is 0 Å². The average molecular weight is 274 g/mol. The summed E-state index contributed by atoms with van der Waals surface area (Å²) in [5.41, 5.74) is 1.81. The van der Waals surface area contributed by atoms with Crippen LogP contribution in [0.3, 0.4) is 0 Å². The van der Waals surface area contributed by atoms with Crippen LogP contribution in [0.15, 0.2) is 30.6 Å². The molecule has 1 heterocycles. The van der Waals surface area contributed by atoms with E-state index in [0.717, 1.165) is 35.7 Å². The van der Waals surface area contributed by atoms with E-state index in [9.17, 15) is 4.39 Å². The Kier molecular flexibility index (Phi) is 4.50. The van der Waals surface area contributed by atoms with Crippen LogP contribution in [-0.2, 0) is 6.42 Å². The van der Waals surface area contributed by atoms with Gasteiger partial charge in [-0.1, -0.05) is 19.4 Å². The maximum Gasteiger partial charge on any atom is 0.141 e. The van der Waals surface area contributed by atoms with E-state index in [1.165, 1.54) is 18.5 Å². The SMILES string of the molecule is CCCc1c(NC)ncnc1N(C)c1cccc(F)c1. The molecule has 1 aromatic carbocycles. The van der Waals surface area contributed by atoms with Gasteiger partial charge in [-0.25, -0.2) is 14.4 Å². The van der Waals surface area contributed by atoms with Gasteiger partial charge in [0.1, 0.15) is 23.8 Å². The Morgan fingerprint density at radius 2 is 2.10 bits per heavy atom. The highest BCUT2D eigenvalue weighted by molar-refractivity contribution is 5.66. The second-order valence-corrected chi connectivity index (χ2v) is 4.56. The smallest absolute Gasteiger partial charge is 0.141 e. The van der Waals surface area contributed by atoms with E-state index in [4.69, 9.17) is 0 Å². The van der Waals surface area contributed by atoms with Crippen LogP contribution in [0.2, 0.25) is 0 Å². The molecule has 0 bridgehead atoms. The fourth-order valence-corrected chi connectivity index (χ4v) is 2.19. The Hall–Kier alpha value is -2.17. The Morgan fingerprint density at radius 1 is 1.30 bits per heavy atom. The van der Waals surface area contributed by atoms with Gasteiger partial charge in [0.15, 0.2) is 0 Å². The summed E-state index contributed by atoms with van der Waals surface area (Å²) >= 11 is 0. The van der Waals surface area contributed by atoms with Crippen molar-refractivity contribution in [2.45, 2.75) is 19.8 Å². The van der Waals surface area contributed by atoms with Gasteiger partial charge in [0.05, 0.1) is 0 Å². The van der Waals surface area contributed by atoms with Crippen LogP contribution in [0.1, 0.15) is 18.9 Å². The fourth-order valence-electron chi connectivity index (χ4n) is 2.19. The first-order valence-electron chi connectivity index (χ1n) is 6.68. The van der Waals surface area contributed by atoms with Gasteiger partial charge in [-0.05, 0) is 24.6 Å². The van der Waals surface area contributed by atoms with Gasteiger partial charge in [-0.2, -0.15) is 0 Å². The highest BCUT2D eigenvalue weighted by atomic mass is 19.1. The Bertz CT molecular complexity index is 586. The molecule has 0 amide bonds. The van der Waals surface area contributed by atoms with Crippen molar-refractivity contribution in [3.05, 3.63) is 42.0 Å². The van der Waals surface area contributed by atoms with Crippen molar-refractivity contribution in [2.75, 3.05) is 24.3 Å². The molecule has 0 radical (unpaired) electrons. The van der Waals surface area contributed by atoms with E-state index in [2.05, 4.69) is 22.2 Å². The van der Waals surface area contributed by atoms with Crippen LogP contribution in [0, 0.1) is 5.82 Å². The van der Waals surface area contributed by atoms with Crippen molar-refractivity contribution in [3.8, 4) is 0 Å². The van der Waals surface area contributed by atoms with E-state index < -0.39 is 0 Å². The quantitative estimate of drug-likeness (QED) is 0.907. The topological polar surface area (TPSA) is 41.1 Å². The Balaban J connectivity index is 2.45. The van der Waals surface area contributed by atoms with Gasteiger partial charge in [-0.15, -0.1) is 0 Å². The molecule has 4 nitrogen and oxygen atoms in total.